The molecular weight excluding hydrogens is 258 g/mol. The van der Waals surface area contributed by atoms with E-state index in [1.165, 1.54) is 19.3 Å². The first-order valence-electron chi connectivity index (χ1n) is 8.19. The average Bonchev–Trinajstić information content (AvgIpc) is 2.39. The molecule has 0 saturated heterocycles. The van der Waals surface area contributed by atoms with Gasteiger partial charge in [0.2, 0.25) is 0 Å². The van der Waals surface area contributed by atoms with Gasteiger partial charge in [0, 0.05) is 12.2 Å². The normalized spacial score (nSPS) is 11.0. The number of nitrogens with one attached hydrogen (secondary N) is 1. The van der Waals surface area contributed by atoms with Crippen molar-refractivity contribution < 1.29 is 0 Å². The Morgan fingerprint density at radius 1 is 1.14 bits per heavy atom. The maximum absolute atomic E-state index is 5.95. The highest BCUT2D eigenvalue weighted by molar-refractivity contribution is 5.70. The average molecular weight is 293 g/mol. The van der Waals surface area contributed by atoms with E-state index in [0.717, 1.165) is 23.8 Å². The Kier molecular flexibility index (Phi) is 8.91. The molecule has 5 N–H and O–H groups in total. The summed E-state index contributed by atoms with van der Waals surface area (Å²) in [5, 5.41) is 3.44. The van der Waals surface area contributed by atoms with Crippen LogP contribution in [0.15, 0.2) is 18.2 Å². The van der Waals surface area contributed by atoms with E-state index in [-0.39, 0.29) is 5.41 Å². The molecule has 122 valence electrons. The molecular formula is C18H35N3. The summed E-state index contributed by atoms with van der Waals surface area (Å²) >= 11 is 0. The Morgan fingerprint density at radius 3 is 2.29 bits per heavy atom. The second-order valence-electron chi connectivity index (χ2n) is 6.65. The first kappa shape index (κ1) is 19.6. The van der Waals surface area contributed by atoms with E-state index < -0.39 is 0 Å². The highest BCUT2D eigenvalue weighted by Crippen LogP contribution is 2.27. The van der Waals surface area contributed by atoms with Crippen LogP contribution in [0.1, 0.15) is 60.8 Å². The molecule has 0 aliphatic heterocycles. The minimum atomic E-state index is 0.280. The molecule has 1 aromatic rings. The van der Waals surface area contributed by atoms with Crippen LogP contribution in [0.2, 0.25) is 0 Å². The highest BCUT2D eigenvalue weighted by atomic mass is 14.9. The van der Waals surface area contributed by atoms with Crippen LogP contribution in [0.5, 0.6) is 0 Å². The van der Waals surface area contributed by atoms with E-state index in [4.69, 9.17) is 11.5 Å². The van der Waals surface area contributed by atoms with Gasteiger partial charge in [-0.25, -0.2) is 0 Å². The molecule has 0 amide bonds. The first-order valence-corrected chi connectivity index (χ1v) is 8.19. The molecule has 0 heterocycles. The van der Waals surface area contributed by atoms with Crippen LogP contribution in [0.3, 0.4) is 0 Å². The van der Waals surface area contributed by atoms with E-state index in [0.29, 0.717) is 5.69 Å². The largest absolute Gasteiger partial charge is 0.399 e. The number of hydrogen-bond donors (Lipinski definition) is 3. The molecule has 0 fully saturated rings. The monoisotopic (exact) mass is 293 g/mol. The predicted octanol–water partition coefficient (Wildman–Crippen LogP) is 5.14. The SMILES string of the molecule is CC.CC(C)CCCC(C)(C)CNc1ccc(N)cc1N. The van der Waals surface area contributed by atoms with Crippen molar-refractivity contribution in [1.82, 2.24) is 0 Å². The summed E-state index contributed by atoms with van der Waals surface area (Å²) in [6.07, 6.45) is 3.81. The van der Waals surface area contributed by atoms with Gasteiger partial charge in [-0.05, 0) is 36.0 Å². The Labute approximate surface area is 131 Å². The van der Waals surface area contributed by atoms with Gasteiger partial charge in [0.25, 0.3) is 0 Å². The summed E-state index contributed by atoms with van der Waals surface area (Å²) < 4.78 is 0. The Hall–Kier alpha value is -1.38. The molecule has 21 heavy (non-hydrogen) atoms. The maximum atomic E-state index is 5.95. The van der Waals surface area contributed by atoms with Gasteiger partial charge in [-0.15, -0.1) is 0 Å². The molecule has 3 nitrogen and oxygen atoms in total. The van der Waals surface area contributed by atoms with Gasteiger partial charge in [0.05, 0.1) is 11.4 Å². The number of rotatable bonds is 7. The van der Waals surface area contributed by atoms with Gasteiger partial charge in [0.15, 0.2) is 0 Å². The topological polar surface area (TPSA) is 64.1 Å². The van der Waals surface area contributed by atoms with E-state index in [1.54, 1.807) is 6.07 Å². The van der Waals surface area contributed by atoms with Crippen molar-refractivity contribution in [3.8, 4) is 0 Å². The molecule has 0 atom stereocenters. The fourth-order valence-electron chi connectivity index (χ4n) is 2.15. The number of anilines is 3. The van der Waals surface area contributed by atoms with Crippen molar-refractivity contribution in [3.63, 3.8) is 0 Å². The summed E-state index contributed by atoms with van der Waals surface area (Å²) in [5.41, 5.74) is 14.3. The van der Waals surface area contributed by atoms with E-state index in [9.17, 15) is 0 Å². The minimum Gasteiger partial charge on any atom is -0.399 e. The highest BCUT2D eigenvalue weighted by Gasteiger charge is 2.17. The van der Waals surface area contributed by atoms with E-state index in [1.807, 2.05) is 26.0 Å². The Bertz CT molecular complexity index is 397. The van der Waals surface area contributed by atoms with Crippen molar-refractivity contribution in [2.75, 3.05) is 23.3 Å². The van der Waals surface area contributed by atoms with Gasteiger partial charge in [-0.1, -0.05) is 54.4 Å². The number of nitrogens with two attached hydrogens (primary N) is 2. The molecule has 0 spiro atoms. The Balaban J connectivity index is 0.00000191. The molecule has 0 radical (unpaired) electrons. The predicted molar refractivity (Wildman–Crippen MR) is 97.6 cm³/mol. The molecule has 0 saturated carbocycles. The molecule has 0 aromatic heterocycles. The second-order valence-corrected chi connectivity index (χ2v) is 6.65. The van der Waals surface area contributed by atoms with E-state index in [2.05, 4.69) is 33.0 Å². The lowest BCUT2D eigenvalue weighted by molar-refractivity contribution is 0.332. The van der Waals surface area contributed by atoms with Crippen molar-refractivity contribution in [3.05, 3.63) is 18.2 Å². The van der Waals surface area contributed by atoms with Crippen LogP contribution in [0.25, 0.3) is 0 Å². The van der Waals surface area contributed by atoms with E-state index >= 15 is 0 Å². The van der Waals surface area contributed by atoms with Crippen LogP contribution < -0.4 is 16.8 Å². The van der Waals surface area contributed by atoms with Gasteiger partial charge >= 0.3 is 0 Å². The van der Waals surface area contributed by atoms with Gasteiger partial charge in [0.1, 0.15) is 0 Å². The van der Waals surface area contributed by atoms with Crippen LogP contribution >= 0.6 is 0 Å². The fourth-order valence-corrected chi connectivity index (χ4v) is 2.15. The number of hydrogen-bond acceptors (Lipinski definition) is 3. The summed E-state index contributed by atoms with van der Waals surface area (Å²) in [4.78, 5) is 0. The number of nitrogen functional groups attached to an aromatic ring is 2. The zero-order valence-corrected chi connectivity index (χ0v) is 14.8. The summed E-state index contributed by atoms with van der Waals surface area (Å²) in [5.74, 6) is 0.788. The summed E-state index contributed by atoms with van der Waals surface area (Å²) in [7, 11) is 0. The van der Waals surface area contributed by atoms with Crippen LogP contribution in [-0.2, 0) is 0 Å². The smallest absolute Gasteiger partial charge is 0.0575 e. The van der Waals surface area contributed by atoms with Crippen molar-refractivity contribution in [1.29, 1.82) is 0 Å². The van der Waals surface area contributed by atoms with Crippen LogP contribution in [0.4, 0.5) is 17.1 Å². The molecule has 0 aliphatic rings. The van der Waals surface area contributed by atoms with Gasteiger partial charge < -0.3 is 16.8 Å². The summed E-state index contributed by atoms with van der Waals surface area (Å²) in [6.45, 7) is 14.1. The van der Waals surface area contributed by atoms with Crippen molar-refractivity contribution in [2.45, 2.75) is 60.8 Å². The van der Waals surface area contributed by atoms with Gasteiger partial charge in [-0.3, -0.25) is 0 Å². The molecule has 0 bridgehead atoms. The third-order valence-corrected chi connectivity index (χ3v) is 3.47. The lowest BCUT2D eigenvalue weighted by atomic mass is 9.86. The van der Waals surface area contributed by atoms with Crippen LogP contribution in [-0.4, -0.2) is 6.54 Å². The zero-order chi connectivity index (χ0) is 16.5. The standard InChI is InChI=1S/C16H29N3.C2H6/c1-12(2)6-5-9-16(3,4)11-19-15-8-7-13(17)10-14(15)18;1-2/h7-8,10,12,19H,5-6,9,11,17-18H2,1-4H3;1-2H3. The first-order chi connectivity index (χ1) is 9.80. The van der Waals surface area contributed by atoms with Gasteiger partial charge in [-0.2, -0.15) is 0 Å². The molecule has 1 aromatic carbocycles. The third-order valence-electron chi connectivity index (χ3n) is 3.47. The van der Waals surface area contributed by atoms with Crippen molar-refractivity contribution >= 4 is 17.1 Å². The number of benzene rings is 1. The lowest BCUT2D eigenvalue weighted by Crippen LogP contribution is -2.23. The molecule has 1 rings (SSSR count). The second kappa shape index (κ2) is 9.54. The molecule has 0 unspecified atom stereocenters. The quantitative estimate of drug-likeness (QED) is 0.610. The maximum Gasteiger partial charge on any atom is 0.0575 e. The third kappa shape index (κ3) is 8.49. The Morgan fingerprint density at radius 2 is 1.76 bits per heavy atom. The minimum absolute atomic E-state index is 0.280. The zero-order valence-electron chi connectivity index (χ0n) is 14.8. The van der Waals surface area contributed by atoms with Crippen LogP contribution in [0, 0.1) is 11.3 Å². The molecule has 3 heteroatoms. The lowest BCUT2D eigenvalue weighted by Gasteiger charge is -2.26. The fraction of sp³-hybridized carbons (Fsp3) is 0.667. The van der Waals surface area contributed by atoms with Crippen molar-refractivity contribution in [2.24, 2.45) is 11.3 Å². The molecule has 0 aliphatic carbocycles. The summed E-state index contributed by atoms with van der Waals surface area (Å²) in [6, 6.07) is 5.63.